The van der Waals surface area contributed by atoms with Crippen LogP contribution in [0, 0.1) is 6.92 Å². The standard InChI is InChI=1S/C18H12F3N5OS/c1-10-13(9-23-15(24-10)17-22-5-7-28-17)16(27)25-26-6-4-11-2-3-12(8-14(11)26)18(19,20)21/h2-9H,1H3,(H,25,27). The van der Waals surface area contributed by atoms with Crippen LogP contribution in [0.4, 0.5) is 13.2 Å². The maximum atomic E-state index is 13.0. The second-order valence-electron chi connectivity index (χ2n) is 5.93. The zero-order valence-corrected chi connectivity index (χ0v) is 15.2. The lowest BCUT2D eigenvalue weighted by atomic mass is 10.1. The maximum Gasteiger partial charge on any atom is 0.416 e. The third kappa shape index (κ3) is 3.33. The van der Waals surface area contributed by atoms with E-state index in [1.807, 2.05) is 0 Å². The molecule has 0 radical (unpaired) electrons. The van der Waals surface area contributed by atoms with Gasteiger partial charge in [0.25, 0.3) is 5.91 Å². The second kappa shape index (κ2) is 6.71. The van der Waals surface area contributed by atoms with Gasteiger partial charge < -0.3 is 0 Å². The van der Waals surface area contributed by atoms with Crippen molar-refractivity contribution in [2.45, 2.75) is 13.1 Å². The van der Waals surface area contributed by atoms with Crippen molar-refractivity contribution in [3.63, 3.8) is 0 Å². The van der Waals surface area contributed by atoms with E-state index in [9.17, 15) is 18.0 Å². The number of carbonyl (C=O) groups excluding carboxylic acids is 1. The Morgan fingerprint density at radius 3 is 2.71 bits per heavy atom. The summed E-state index contributed by atoms with van der Waals surface area (Å²) in [6.45, 7) is 1.66. The van der Waals surface area contributed by atoms with Gasteiger partial charge in [-0.15, -0.1) is 11.3 Å². The van der Waals surface area contributed by atoms with Gasteiger partial charge in [-0.05, 0) is 25.1 Å². The van der Waals surface area contributed by atoms with Crippen molar-refractivity contribution in [1.29, 1.82) is 0 Å². The smallest absolute Gasteiger partial charge is 0.267 e. The van der Waals surface area contributed by atoms with E-state index in [-0.39, 0.29) is 11.1 Å². The number of nitrogens with zero attached hydrogens (tertiary/aromatic N) is 4. The van der Waals surface area contributed by atoms with Crippen LogP contribution in [0.25, 0.3) is 21.7 Å². The highest BCUT2D eigenvalue weighted by atomic mass is 32.1. The fourth-order valence-electron chi connectivity index (χ4n) is 2.70. The highest BCUT2D eigenvalue weighted by Crippen LogP contribution is 2.31. The van der Waals surface area contributed by atoms with Crippen LogP contribution in [0.3, 0.4) is 0 Å². The number of aromatic nitrogens is 4. The Morgan fingerprint density at radius 2 is 2.04 bits per heavy atom. The van der Waals surface area contributed by atoms with Gasteiger partial charge in [0, 0.05) is 29.4 Å². The van der Waals surface area contributed by atoms with Gasteiger partial charge in [-0.2, -0.15) is 13.2 Å². The summed E-state index contributed by atoms with van der Waals surface area (Å²) in [5.41, 5.74) is 2.67. The molecule has 10 heteroatoms. The van der Waals surface area contributed by atoms with E-state index in [1.165, 1.54) is 34.5 Å². The van der Waals surface area contributed by atoms with Crippen molar-refractivity contribution >= 4 is 28.1 Å². The quantitative estimate of drug-likeness (QED) is 0.555. The van der Waals surface area contributed by atoms with Crippen LogP contribution in [-0.4, -0.2) is 25.5 Å². The summed E-state index contributed by atoms with van der Waals surface area (Å²) in [7, 11) is 0. The van der Waals surface area contributed by atoms with Crippen LogP contribution >= 0.6 is 11.3 Å². The minimum Gasteiger partial charge on any atom is -0.267 e. The van der Waals surface area contributed by atoms with Gasteiger partial charge in [-0.25, -0.2) is 15.0 Å². The molecule has 0 bridgehead atoms. The molecule has 1 amide bonds. The van der Waals surface area contributed by atoms with E-state index in [0.717, 1.165) is 12.1 Å². The van der Waals surface area contributed by atoms with E-state index in [0.29, 0.717) is 21.9 Å². The zero-order valence-electron chi connectivity index (χ0n) is 14.4. The number of alkyl halides is 3. The first-order chi connectivity index (χ1) is 13.3. The lowest BCUT2D eigenvalue weighted by molar-refractivity contribution is -0.137. The van der Waals surface area contributed by atoms with Crippen molar-refractivity contribution in [1.82, 2.24) is 19.6 Å². The molecule has 0 unspecified atom stereocenters. The topological polar surface area (TPSA) is 72.7 Å². The number of carbonyl (C=O) groups is 1. The predicted octanol–water partition coefficient (Wildman–Crippen LogP) is 4.27. The van der Waals surface area contributed by atoms with Crippen molar-refractivity contribution in [2.24, 2.45) is 0 Å². The number of nitrogens with one attached hydrogen (secondary N) is 1. The summed E-state index contributed by atoms with van der Waals surface area (Å²) in [4.78, 5) is 25.2. The predicted molar refractivity (Wildman–Crippen MR) is 98.5 cm³/mol. The summed E-state index contributed by atoms with van der Waals surface area (Å²) >= 11 is 1.37. The molecule has 1 aromatic carbocycles. The first-order valence-corrected chi connectivity index (χ1v) is 8.94. The summed E-state index contributed by atoms with van der Waals surface area (Å²) in [6.07, 6.45) is 0.0269. The van der Waals surface area contributed by atoms with E-state index >= 15 is 0 Å². The number of hydrogen-bond donors (Lipinski definition) is 1. The number of rotatable bonds is 3. The molecule has 4 rings (SSSR count). The summed E-state index contributed by atoms with van der Waals surface area (Å²) in [5, 5.41) is 2.99. The van der Waals surface area contributed by atoms with Crippen molar-refractivity contribution in [3.05, 3.63) is 65.1 Å². The molecule has 0 atom stereocenters. The third-order valence-corrected chi connectivity index (χ3v) is 4.86. The Balaban J connectivity index is 1.63. The van der Waals surface area contributed by atoms with Crippen molar-refractivity contribution < 1.29 is 18.0 Å². The molecular formula is C18H12F3N5OS. The number of fused-ring (bicyclic) bond motifs is 1. The largest absolute Gasteiger partial charge is 0.416 e. The number of benzene rings is 1. The van der Waals surface area contributed by atoms with Crippen molar-refractivity contribution in [2.75, 3.05) is 5.43 Å². The van der Waals surface area contributed by atoms with Gasteiger partial charge in [-0.3, -0.25) is 14.9 Å². The third-order valence-electron chi connectivity index (χ3n) is 4.09. The molecule has 0 aliphatic rings. The van der Waals surface area contributed by atoms with Crippen LogP contribution in [0.15, 0.2) is 48.2 Å². The summed E-state index contributed by atoms with van der Waals surface area (Å²) in [5.74, 6) is -0.122. The van der Waals surface area contributed by atoms with Gasteiger partial charge in [-0.1, -0.05) is 6.07 Å². The molecule has 0 aliphatic heterocycles. The molecule has 0 aliphatic carbocycles. The van der Waals surface area contributed by atoms with E-state index in [4.69, 9.17) is 0 Å². The zero-order chi connectivity index (χ0) is 19.9. The van der Waals surface area contributed by atoms with Gasteiger partial charge in [0.2, 0.25) is 0 Å². The van der Waals surface area contributed by atoms with Crippen LogP contribution in [-0.2, 0) is 6.18 Å². The van der Waals surface area contributed by atoms with Gasteiger partial charge in [0.05, 0.1) is 22.3 Å². The molecule has 0 saturated carbocycles. The Morgan fingerprint density at radius 1 is 1.21 bits per heavy atom. The molecule has 6 nitrogen and oxygen atoms in total. The highest BCUT2D eigenvalue weighted by Gasteiger charge is 2.30. The molecule has 28 heavy (non-hydrogen) atoms. The average molecular weight is 403 g/mol. The van der Waals surface area contributed by atoms with Crippen molar-refractivity contribution in [3.8, 4) is 10.8 Å². The minimum absolute atomic E-state index is 0.217. The molecular weight excluding hydrogens is 391 g/mol. The first-order valence-electron chi connectivity index (χ1n) is 8.06. The number of amides is 1. The Hall–Kier alpha value is -3.27. The number of halogens is 3. The van der Waals surface area contributed by atoms with E-state index in [1.54, 1.807) is 24.6 Å². The number of hydrogen-bond acceptors (Lipinski definition) is 5. The van der Waals surface area contributed by atoms with Crippen LogP contribution in [0.1, 0.15) is 21.6 Å². The Bertz CT molecular complexity index is 1170. The van der Waals surface area contributed by atoms with Gasteiger partial charge >= 0.3 is 6.18 Å². The number of aryl methyl sites for hydroxylation is 1. The first kappa shape index (κ1) is 18.1. The van der Waals surface area contributed by atoms with Crippen LogP contribution < -0.4 is 5.43 Å². The fourth-order valence-corrected chi connectivity index (χ4v) is 3.27. The molecule has 1 N–H and O–H groups in total. The van der Waals surface area contributed by atoms with E-state index in [2.05, 4.69) is 20.4 Å². The lowest BCUT2D eigenvalue weighted by Gasteiger charge is -2.11. The molecule has 3 aromatic heterocycles. The Kier molecular flexibility index (Phi) is 4.34. The number of thiazole rings is 1. The summed E-state index contributed by atoms with van der Waals surface area (Å²) in [6, 6.07) is 4.97. The minimum atomic E-state index is -4.47. The summed E-state index contributed by atoms with van der Waals surface area (Å²) < 4.78 is 40.2. The molecule has 0 saturated heterocycles. The maximum absolute atomic E-state index is 13.0. The van der Waals surface area contributed by atoms with Gasteiger partial charge in [0.15, 0.2) is 10.8 Å². The SMILES string of the molecule is Cc1nc(-c2nccs2)ncc1C(=O)Nn1ccc2ccc(C(F)(F)F)cc21. The Labute approximate surface area is 160 Å². The monoisotopic (exact) mass is 403 g/mol. The average Bonchev–Trinajstić information content (AvgIpc) is 3.31. The highest BCUT2D eigenvalue weighted by molar-refractivity contribution is 7.12. The molecule has 3 heterocycles. The molecule has 0 spiro atoms. The normalized spacial score (nSPS) is 11.7. The molecule has 142 valence electrons. The lowest BCUT2D eigenvalue weighted by Crippen LogP contribution is -2.23. The second-order valence-corrected chi connectivity index (χ2v) is 6.82. The van der Waals surface area contributed by atoms with Gasteiger partial charge in [0.1, 0.15) is 0 Å². The van der Waals surface area contributed by atoms with E-state index < -0.39 is 17.6 Å². The van der Waals surface area contributed by atoms with Crippen LogP contribution in [0.5, 0.6) is 0 Å². The van der Waals surface area contributed by atoms with Crippen LogP contribution in [0.2, 0.25) is 0 Å². The molecule has 4 aromatic rings. The molecule has 0 fully saturated rings. The fraction of sp³-hybridized carbons (Fsp3) is 0.111.